The lowest BCUT2D eigenvalue weighted by Crippen LogP contribution is -2.46. The molecular weight excluding hydrogens is 136 g/mol. The van der Waals surface area contributed by atoms with Crippen molar-refractivity contribution in [2.75, 3.05) is 0 Å². The van der Waals surface area contributed by atoms with Crippen LogP contribution in [0.15, 0.2) is 0 Å². The van der Waals surface area contributed by atoms with E-state index in [1.165, 1.54) is 19.3 Å². The van der Waals surface area contributed by atoms with Crippen molar-refractivity contribution in [3.05, 3.63) is 0 Å². The van der Waals surface area contributed by atoms with Crippen LogP contribution in [0.25, 0.3) is 0 Å². The van der Waals surface area contributed by atoms with E-state index in [1.54, 1.807) is 0 Å². The number of aliphatic hydroxyl groups is 1. The van der Waals surface area contributed by atoms with Crippen LogP contribution in [0.5, 0.6) is 0 Å². The van der Waals surface area contributed by atoms with Crippen LogP contribution in [-0.2, 0) is 0 Å². The summed E-state index contributed by atoms with van der Waals surface area (Å²) in [5.41, 5.74) is -0.230. The molecule has 0 spiro atoms. The summed E-state index contributed by atoms with van der Waals surface area (Å²) in [6, 6.07) is 0. The van der Waals surface area contributed by atoms with E-state index in [2.05, 4.69) is 13.8 Å². The third kappa shape index (κ3) is 0.703. The number of fused-ring (bicyclic) bond motifs is 2. The Morgan fingerprint density at radius 3 is 1.91 bits per heavy atom. The minimum absolute atomic E-state index is 0.163. The van der Waals surface area contributed by atoms with Crippen molar-refractivity contribution in [3.63, 3.8) is 0 Å². The molecule has 0 aromatic heterocycles. The quantitative estimate of drug-likeness (QED) is 0.567. The Bertz CT molecular complexity index is 161. The molecule has 0 radical (unpaired) electrons. The molecule has 0 aliphatic heterocycles. The van der Waals surface area contributed by atoms with Gasteiger partial charge in [0.05, 0.1) is 5.60 Å². The van der Waals surface area contributed by atoms with Gasteiger partial charge in [0.25, 0.3) is 0 Å². The molecule has 11 heavy (non-hydrogen) atoms. The van der Waals surface area contributed by atoms with Gasteiger partial charge in [0, 0.05) is 0 Å². The van der Waals surface area contributed by atoms with Gasteiger partial charge in [-0.3, -0.25) is 0 Å². The van der Waals surface area contributed by atoms with Crippen molar-refractivity contribution in [2.24, 2.45) is 17.3 Å². The fourth-order valence-corrected chi connectivity index (χ4v) is 3.09. The van der Waals surface area contributed by atoms with Gasteiger partial charge in [0.15, 0.2) is 0 Å². The molecule has 0 aromatic rings. The topological polar surface area (TPSA) is 20.2 Å². The van der Waals surface area contributed by atoms with E-state index < -0.39 is 5.60 Å². The van der Waals surface area contributed by atoms with Crippen LogP contribution in [-0.4, -0.2) is 10.7 Å². The predicted molar refractivity (Wildman–Crippen MR) is 45.2 cm³/mol. The average molecular weight is 154 g/mol. The summed E-state index contributed by atoms with van der Waals surface area (Å²) < 4.78 is 0. The SMILES string of the molecule is CC1(C)C2CCC(C2)C1(C)O. The van der Waals surface area contributed by atoms with Crippen molar-refractivity contribution in [3.8, 4) is 0 Å². The van der Waals surface area contributed by atoms with Gasteiger partial charge in [-0.2, -0.15) is 0 Å². The molecule has 2 aliphatic rings. The lowest BCUT2D eigenvalue weighted by molar-refractivity contribution is -0.0904. The average Bonchev–Trinajstić information content (AvgIpc) is 2.37. The molecule has 1 nitrogen and oxygen atoms in total. The Hall–Kier alpha value is -0.0400. The molecule has 2 aliphatic carbocycles. The van der Waals surface area contributed by atoms with E-state index in [0.717, 1.165) is 5.92 Å². The monoisotopic (exact) mass is 154 g/mol. The highest BCUT2D eigenvalue weighted by molar-refractivity contribution is 5.09. The van der Waals surface area contributed by atoms with Crippen LogP contribution in [0.4, 0.5) is 0 Å². The number of hydrogen-bond acceptors (Lipinski definition) is 1. The fraction of sp³-hybridized carbons (Fsp3) is 1.00. The number of hydrogen-bond donors (Lipinski definition) is 1. The van der Waals surface area contributed by atoms with Crippen LogP contribution in [0.3, 0.4) is 0 Å². The first kappa shape index (κ1) is 7.60. The molecule has 1 N–H and O–H groups in total. The van der Waals surface area contributed by atoms with Crippen LogP contribution in [0.2, 0.25) is 0 Å². The molecule has 0 saturated heterocycles. The first-order chi connectivity index (χ1) is 4.96. The normalized spacial score (nSPS) is 53.5. The molecule has 0 heterocycles. The summed E-state index contributed by atoms with van der Waals surface area (Å²) in [5.74, 6) is 1.37. The lowest BCUT2D eigenvalue weighted by Gasteiger charge is -2.43. The van der Waals surface area contributed by atoms with E-state index in [4.69, 9.17) is 0 Å². The first-order valence-corrected chi connectivity index (χ1v) is 4.68. The predicted octanol–water partition coefficient (Wildman–Crippen LogP) is 2.19. The van der Waals surface area contributed by atoms with Gasteiger partial charge < -0.3 is 5.11 Å². The Kier molecular flexibility index (Phi) is 1.26. The van der Waals surface area contributed by atoms with Crippen molar-refractivity contribution >= 4 is 0 Å². The largest absolute Gasteiger partial charge is 0.389 e. The zero-order chi connectivity index (χ0) is 8.28. The second kappa shape index (κ2) is 1.82. The highest BCUT2D eigenvalue weighted by Gasteiger charge is 2.59. The molecule has 2 rings (SSSR count). The second-order valence-corrected chi connectivity index (χ2v) is 5.08. The first-order valence-electron chi connectivity index (χ1n) is 4.68. The minimum atomic E-state index is -0.393. The maximum Gasteiger partial charge on any atom is 0.0701 e. The zero-order valence-electron chi connectivity index (χ0n) is 7.72. The highest BCUT2D eigenvalue weighted by Crippen LogP contribution is 2.61. The van der Waals surface area contributed by atoms with Crippen LogP contribution >= 0.6 is 0 Å². The summed E-state index contributed by atoms with van der Waals surface area (Å²) in [4.78, 5) is 0. The summed E-state index contributed by atoms with van der Waals surface area (Å²) in [6.45, 7) is 6.46. The summed E-state index contributed by atoms with van der Waals surface area (Å²) in [7, 11) is 0. The van der Waals surface area contributed by atoms with Gasteiger partial charge in [-0.05, 0) is 43.4 Å². The van der Waals surface area contributed by atoms with Gasteiger partial charge in [-0.15, -0.1) is 0 Å². The molecule has 64 valence electrons. The second-order valence-electron chi connectivity index (χ2n) is 5.08. The molecule has 3 atom stereocenters. The maximum absolute atomic E-state index is 10.2. The van der Waals surface area contributed by atoms with Crippen LogP contribution in [0, 0.1) is 17.3 Å². The van der Waals surface area contributed by atoms with Crippen LogP contribution < -0.4 is 0 Å². The fourth-order valence-electron chi connectivity index (χ4n) is 3.09. The standard InChI is InChI=1S/C10H18O/c1-9(2)7-4-5-8(6-7)10(9,3)11/h7-8,11H,4-6H2,1-3H3. The van der Waals surface area contributed by atoms with Crippen molar-refractivity contribution in [1.29, 1.82) is 0 Å². The molecular formula is C10H18O. The Morgan fingerprint density at radius 1 is 1.09 bits per heavy atom. The molecule has 2 bridgehead atoms. The zero-order valence-corrected chi connectivity index (χ0v) is 7.72. The molecule has 2 fully saturated rings. The third-order valence-corrected chi connectivity index (χ3v) is 4.55. The summed E-state index contributed by atoms with van der Waals surface area (Å²) in [5, 5.41) is 10.2. The van der Waals surface area contributed by atoms with Gasteiger partial charge >= 0.3 is 0 Å². The Morgan fingerprint density at radius 2 is 1.64 bits per heavy atom. The van der Waals surface area contributed by atoms with Gasteiger partial charge in [0.1, 0.15) is 0 Å². The molecule has 1 heteroatoms. The van der Waals surface area contributed by atoms with E-state index in [1.807, 2.05) is 6.92 Å². The van der Waals surface area contributed by atoms with Gasteiger partial charge in [-0.25, -0.2) is 0 Å². The molecule has 2 saturated carbocycles. The molecule has 3 unspecified atom stereocenters. The lowest BCUT2D eigenvalue weighted by atomic mass is 9.66. The van der Waals surface area contributed by atoms with Crippen molar-refractivity contribution < 1.29 is 5.11 Å². The Balaban J connectivity index is 2.36. The summed E-state index contributed by atoms with van der Waals surface area (Å²) >= 11 is 0. The van der Waals surface area contributed by atoms with E-state index in [0.29, 0.717) is 5.92 Å². The van der Waals surface area contributed by atoms with Gasteiger partial charge in [0.2, 0.25) is 0 Å². The maximum atomic E-state index is 10.2. The minimum Gasteiger partial charge on any atom is -0.389 e. The third-order valence-electron chi connectivity index (χ3n) is 4.55. The van der Waals surface area contributed by atoms with Crippen molar-refractivity contribution in [2.45, 2.75) is 45.6 Å². The summed E-state index contributed by atoms with van der Waals surface area (Å²) in [6.07, 6.45) is 3.86. The molecule has 0 aromatic carbocycles. The smallest absolute Gasteiger partial charge is 0.0701 e. The van der Waals surface area contributed by atoms with E-state index in [-0.39, 0.29) is 5.41 Å². The van der Waals surface area contributed by atoms with E-state index in [9.17, 15) is 5.11 Å². The van der Waals surface area contributed by atoms with Crippen molar-refractivity contribution in [1.82, 2.24) is 0 Å². The molecule has 0 amide bonds. The van der Waals surface area contributed by atoms with E-state index >= 15 is 0 Å². The van der Waals surface area contributed by atoms with Crippen LogP contribution in [0.1, 0.15) is 40.0 Å². The van der Waals surface area contributed by atoms with Gasteiger partial charge in [-0.1, -0.05) is 13.8 Å². The highest BCUT2D eigenvalue weighted by atomic mass is 16.3. The Labute approximate surface area is 68.8 Å². The number of rotatable bonds is 0.